The molecule has 0 unspecified atom stereocenters. The van der Waals surface area contributed by atoms with Gasteiger partial charge in [0.15, 0.2) is 17.5 Å². The minimum Gasteiger partial charge on any atom is -0.309 e. The molecule has 0 bridgehead atoms. The highest BCUT2D eigenvalue weighted by Gasteiger charge is 2.21. The molecule has 0 radical (unpaired) electrons. The first-order valence-corrected chi connectivity index (χ1v) is 20.3. The first kappa shape index (κ1) is 33.9. The monoisotopic (exact) mass is 765 g/mol. The second-order valence-electron chi connectivity index (χ2n) is 15.3. The molecule has 60 heavy (non-hydrogen) atoms. The van der Waals surface area contributed by atoms with Gasteiger partial charge in [-0.1, -0.05) is 152 Å². The van der Waals surface area contributed by atoms with E-state index < -0.39 is 0 Å². The van der Waals surface area contributed by atoms with E-state index in [2.05, 4.69) is 215 Å². The van der Waals surface area contributed by atoms with Crippen LogP contribution in [0.3, 0.4) is 0 Å². The molecule has 0 amide bonds. The maximum Gasteiger partial charge on any atom is 0.166 e. The van der Waals surface area contributed by atoms with Gasteiger partial charge < -0.3 is 9.13 Å². The summed E-state index contributed by atoms with van der Waals surface area (Å²) in [5.41, 5.74) is 11.6. The Bertz CT molecular complexity index is 3600. The molecule has 5 heteroatoms. The van der Waals surface area contributed by atoms with Gasteiger partial charge in [0.2, 0.25) is 0 Å². The van der Waals surface area contributed by atoms with Crippen LogP contribution in [0.15, 0.2) is 212 Å². The zero-order chi connectivity index (χ0) is 39.6. The van der Waals surface area contributed by atoms with E-state index in [-0.39, 0.29) is 0 Å². The van der Waals surface area contributed by atoms with Crippen molar-refractivity contribution in [3.8, 4) is 56.7 Å². The Morgan fingerprint density at radius 2 is 0.817 bits per heavy atom. The van der Waals surface area contributed by atoms with E-state index in [1.54, 1.807) is 0 Å². The molecule has 12 rings (SSSR count). The molecule has 0 fully saturated rings. The summed E-state index contributed by atoms with van der Waals surface area (Å²) in [7, 11) is 0. The van der Waals surface area contributed by atoms with E-state index in [4.69, 9.17) is 15.0 Å². The fourth-order valence-electron chi connectivity index (χ4n) is 8.96. The summed E-state index contributed by atoms with van der Waals surface area (Å²) in [6.45, 7) is 0. The van der Waals surface area contributed by atoms with E-state index >= 15 is 0 Å². The van der Waals surface area contributed by atoms with E-state index in [9.17, 15) is 0 Å². The molecule has 0 spiro atoms. The van der Waals surface area contributed by atoms with Crippen LogP contribution in [0, 0.1) is 0 Å². The molecule has 3 heterocycles. The van der Waals surface area contributed by atoms with Crippen LogP contribution < -0.4 is 0 Å². The molecular formula is C55H35N5. The third-order valence-corrected chi connectivity index (χ3v) is 11.7. The lowest BCUT2D eigenvalue weighted by atomic mass is 10.0. The lowest BCUT2D eigenvalue weighted by Gasteiger charge is -2.15. The van der Waals surface area contributed by atoms with Crippen LogP contribution in [0.25, 0.3) is 111 Å². The summed E-state index contributed by atoms with van der Waals surface area (Å²) in [6, 6.07) is 75.0. The number of nitrogens with zero attached hydrogens (tertiary/aromatic N) is 5. The molecule has 9 aromatic carbocycles. The molecule has 0 aliphatic carbocycles. The average molecular weight is 766 g/mol. The standard InChI is InChI=1S/C55H35N5/c1-3-16-36(17-4-1)37-20-15-21-40(32-37)53-56-54(41-30-31-45-43-24-9-12-27-48(43)59(51(45)35-41)42-22-5-2-6-23-42)58-55(57-53)46-26-11-14-29-50(46)60-49-28-13-10-25-44(49)47-33-38-18-7-8-19-39(38)34-52(47)60/h1-35H. The molecule has 5 nitrogen and oxygen atoms in total. The van der Waals surface area contributed by atoms with Crippen molar-refractivity contribution in [3.05, 3.63) is 212 Å². The topological polar surface area (TPSA) is 48.5 Å². The van der Waals surface area contributed by atoms with Crippen LogP contribution in [-0.4, -0.2) is 24.1 Å². The highest BCUT2D eigenvalue weighted by molar-refractivity contribution is 6.14. The lowest BCUT2D eigenvalue weighted by molar-refractivity contribution is 1.06. The molecular weight excluding hydrogens is 731 g/mol. The third-order valence-electron chi connectivity index (χ3n) is 11.7. The van der Waals surface area contributed by atoms with Crippen LogP contribution in [0.2, 0.25) is 0 Å². The molecule has 0 N–H and O–H groups in total. The zero-order valence-electron chi connectivity index (χ0n) is 32.4. The predicted molar refractivity (Wildman–Crippen MR) is 248 cm³/mol. The minimum absolute atomic E-state index is 0.603. The van der Waals surface area contributed by atoms with E-state index in [0.29, 0.717) is 17.5 Å². The maximum atomic E-state index is 5.38. The maximum absolute atomic E-state index is 5.38. The van der Waals surface area contributed by atoms with Crippen LogP contribution >= 0.6 is 0 Å². The Balaban J connectivity index is 1.11. The van der Waals surface area contributed by atoms with Gasteiger partial charge in [0, 0.05) is 43.9 Å². The zero-order valence-corrected chi connectivity index (χ0v) is 32.4. The summed E-state index contributed by atoms with van der Waals surface area (Å²) in [6.07, 6.45) is 0. The largest absolute Gasteiger partial charge is 0.309 e. The second-order valence-corrected chi connectivity index (χ2v) is 15.3. The Kier molecular flexibility index (Phi) is 7.78. The fourth-order valence-corrected chi connectivity index (χ4v) is 8.96. The molecule has 280 valence electrons. The van der Waals surface area contributed by atoms with Gasteiger partial charge in [-0.05, 0) is 82.6 Å². The predicted octanol–water partition coefficient (Wildman–Crippen LogP) is 13.9. The van der Waals surface area contributed by atoms with Gasteiger partial charge in [-0.2, -0.15) is 0 Å². The Hall–Kier alpha value is -8.15. The van der Waals surface area contributed by atoms with Gasteiger partial charge in [-0.15, -0.1) is 0 Å². The fraction of sp³-hybridized carbons (Fsp3) is 0. The van der Waals surface area contributed by atoms with Gasteiger partial charge in [0.25, 0.3) is 0 Å². The first-order valence-electron chi connectivity index (χ1n) is 20.3. The van der Waals surface area contributed by atoms with Crippen LogP contribution in [0.4, 0.5) is 0 Å². The number of rotatable bonds is 6. The molecule has 0 saturated heterocycles. The van der Waals surface area contributed by atoms with Crippen molar-refractivity contribution in [3.63, 3.8) is 0 Å². The van der Waals surface area contributed by atoms with Gasteiger partial charge >= 0.3 is 0 Å². The molecule has 0 aliphatic rings. The van der Waals surface area contributed by atoms with Crippen molar-refractivity contribution in [2.75, 3.05) is 0 Å². The van der Waals surface area contributed by atoms with Crippen molar-refractivity contribution < 1.29 is 0 Å². The van der Waals surface area contributed by atoms with Crippen molar-refractivity contribution in [2.45, 2.75) is 0 Å². The Morgan fingerprint density at radius 3 is 1.60 bits per heavy atom. The van der Waals surface area contributed by atoms with Gasteiger partial charge in [-0.3, -0.25) is 0 Å². The summed E-state index contributed by atoms with van der Waals surface area (Å²) in [5, 5.41) is 7.19. The lowest BCUT2D eigenvalue weighted by Crippen LogP contribution is -2.04. The quantitative estimate of drug-likeness (QED) is 0.169. The molecule has 3 aromatic heterocycles. The van der Waals surface area contributed by atoms with Gasteiger partial charge in [0.05, 0.1) is 27.8 Å². The number of hydrogen-bond acceptors (Lipinski definition) is 3. The Morgan fingerprint density at radius 1 is 0.283 bits per heavy atom. The normalized spacial score (nSPS) is 11.7. The van der Waals surface area contributed by atoms with Crippen LogP contribution in [0.5, 0.6) is 0 Å². The van der Waals surface area contributed by atoms with E-state index in [1.165, 1.54) is 32.3 Å². The molecule has 12 aromatic rings. The Labute approximate surface area is 346 Å². The third kappa shape index (κ3) is 5.52. The van der Waals surface area contributed by atoms with Crippen molar-refractivity contribution >= 4 is 54.4 Å². The van der Waals surface area contributed by atoms with E-state index in [1.807, 2.05) is 6.07 Å². The molecule has 0 aliphatic heterocycles. The number of hydrogen-bond donors (Lipinski definition) is 0. The number of benzene rings is 9. The van der Waals surface area contributed by atoms with Crippen LogP contribution in [-0.2, 0) is 0 Å². The highest BCUT2D eigenvalue weighted by atomic mass is 15.1. The summed E-state index contributed by atoms with van der Waals surface area (Å²) >= 11 is 0. The van der Waals surface area contributed by atoms with E-state index in [0.717, 1.165) is 61.3 Å². The summed E-state index contributed by atoms with van der Waals surface area (Å²) in [4.78, 5) is 16.0. The number of para-hydroxylation sites is 4. The van der Waals surface area contributed by atoms with Gasteiger partial charge in [-0.25, -0.2) is 15.0 Å². The minimum atomic E-state index is 0.603. The summed E-state index contributed by atoms with van der Waals surface area (Å²) < 4.78 is 4.71. The molecule has 0 saturated carbocycles. The first-order chi connectivity index (χ1) is 29.7. The smallest absolute Gasteiger partial charge is 0.166 e. The van der Waals surface area contributed by atoms with Crippen molar-refractivity contribution in [1.82, 2.24) is 24.1 Å². The average Bonchev–Trinajstić information content (AvgIpc) is 3.83. The van der Waals surface area contributed by atoms with Crippen molar-refractivity contribution in [1.29, 1.82) is 0 Å². The SMILES string of the molecule is c1ccc(-c2cccc(-c3nc(-c4ccc5c6ccccc6n(-c6ccccc6)c5c4)nc(-c4ccccc4-n4c5ccccc5c5cc6ccccc6cc54)n3)c2)cc1. The second kappa shape index (κ2) is 13.8. The van der Waals surface area contributed by atoms with Crippen LogP contribution in [0.1, 0.15) is 0 Å². The molecule has 0 atom stereocenters. The highest BCUT2D eigenvalue weighted by Crippen LogP contribution is 2.39. The number of fused-ring (bicyclic) bond motifs is 7. The van der Waals surface area contributed by atoms with Crippen molar-refractivity contribution in [2.24, 2.45) is 0 Å². The summed E-state index contributed by atoms with van der Waals surface area (Å²) in [5.74, 6) is 1.82. The van der Waals surface area contributed by atoms with Gasteiger partial charge in [0.1, 0.15) is 0 Å². The number of aromatic nitrogens is 5.